The van der Waals surface area contributed by atoms with Crippen LogP contribution in [0.25, 0.3) is 0 Å². The molecule has 2 rings (SSSR count). The van der Waals surface area contributed by atoms with Gasteiger partial charge in [-0.25, -0.2) is 4.98 Å². The zero-order valence-corrected chi connectivity index (χ0v) is 14.7. The molecule has 0 atom stereocenters. The highest BCUT2D eigenvalue weighted by Crippen LogP contribution is 2.26. The number of nitrogens with one attached hydrogen (secondary N) is 1. The normalized spacial score (nSPS) is 20.6. The molecule has 0 bridgehead atoms. The van der Waals surface area contributed by atoms with Crippen LogP contribution in [0.1, 0.15) is 49.1 Å². The third-order valence-corrected chi connectivity index (χ3v) is 4.95. The van der Waals surface area contributed by atoms with Crippen molar-refractivity contribution in [3.63, 3.8) is 0 Å². The van der Waals surface area contributed by atoms with Crippen LogP contribution >= 0.6 is 11.3 Å². The Morgan fingerprint density at radius 3 is 2.74 bits per heavy atom. The van der Waals surface area contributed by atoms with E-state index in [2.05, 4.69) is 24.1 Å². The molecule has 1 aliphatic carbocycles. The molecule has 1 aromatic rings. The minimum atomic E-state index is -0.806. The monoisotopic (exact) mass is 339 g/mol. The fourth-order valence-electron chi connectivity index (χ4n) is 2.79. The molecule has 7 heteroatoms. The van der Waals surface area contributed by atoms with Crippen LogP contribution in [0.2, 0.25) is 0 Å². The van der Waals surface area contributed by atoms with Crippen molar-refractivity contribution in [2.24, 2.45) is 5.92 Å². The molecule has 1 amide bonds. The summed E-state index contributed by atoms with van der Waals surface area (Å²) in [6.45, 7) is 6.99. The van der Waals surface area contributed by atoms with Gasteiger partial charge in [0.25, 0.3) is 5.91 Å². The Morgan fingerprint density at radius 2 is 2.17 bits per heavy atom. The van der Waals surface area contributed by atoms with Crippen LogP contribution < -0.4 is 5.32 Å². The van der Waals surface area contributed by atoms with Crippen LogP contribution in [-0.2, 0) is 11.2 Å². The summed E-state index contributed by atoms with van der Waals surface area (Å²) >= 11 is 1.53. The summed E-state index contributed by atoms with van der Waals surface area (Å²) < 4.78 is 0. The van der Waals surface area contributed by atoms with Crippen molar-refractivity contribution < 1.29 is 14.7 Å². The topological polar surface area (TPSA) is 82.5 Å². The molecular formula is C16H25N3O3S. The van der Waals surface area contributed by atoms with Gasteiger partial charge in [-0.15, -0.1) is 11.3 Å². The Morgan fingerprint density at radius 1 is 1.48 bits per heavy atom. The number of amides is 1. The van der Waals surface area contributed by atoms with Crippen LogP contribution in [0.15, 0.2) is 5.38 Å². The van der Waals surface area contributed by atoms with E-state index in [1.807, 2.05) is 17.2 Å². The van der Waals surface area contributed by atoms with E-state index in [0.29, 0.717) is 18.2 Å². The predicted molar refractivity (Wildman–Crippen MR) is 89.8 cm³/mol. The van der Waals surface area contributed by atoms with Gasteiger partial charge in [-0.1, -0.05) is 20.8 Å². The number of rotatable bonds is 8. The van der Waals surface area contributed by atoms with Crippen LogP contribution in [0.3, 0.4) is 0 Å². The number of carbonyl (C=O) groups is 2. The van der Waals surface area contributed by atoms with Gasteiger partial charge in [0, 0.05) is 23.9 Å². The summed E-state index contributed by atoms with van der Waals surface area (Å²) in [6.07, 6.45) is 2.50. The van der Waals surface area contributed by atoms with Gasteiger partial charge in [-0.05, 0) is 25.3 Å². The number of carbonyl (C=O) groups excluding carboxylic acids is 1. The van der Waals surface area contributed by atoms with Crippen LogP contribution in [-0.4, -0.2) is 52.0 Å². The quantitative estimate of drug-likeness (QED) is 0.757. The van der Waals surface area contributed by atoms with Gasteiger partial charge < -0.3 is 10.4 Å². The van der Waals surface area contributed by atoms with E-state index in [0.717, 1.165) is 24.3 Å². The summed E-state index contributed by atoms with van der Waals surface area (Å²) in [6, 6.07) is 0.360. The number of likely N-dealkylation sites (N-methyl/N-ethyl adjacent to an activating group) is 1. The third-order valence-electron chi connectivity index (χ3n) is 4.08. The number of aromatic nitrogens is 1. The van der Waals surface area contributed by atoms with Crippen molar-refractivity contribution in [2.45, 2.75) is 52.1 Å². The number of carboxylic acid groups (broad SMARTS) is 1. The van der Waals surface area contributed by atoms with Crippen molar-refractivity contribution in [1.82, 2.24) is 15.2 Å². The Kier molecular flexibility index (Phi) is 6.12. The molecular weight excluding hydrogens is 314 g/mol. The lowest BCUT2D eigenvalue weighted by atomic mass is 9.85. The van der Waals surface area contributed by atoms with Gasteiger partial charge >= 0.3 is 5.97 Å². The molecule has 1 heterocycles. The molecule has 23 heavy (non-hydrogen) atoms. The molecule has 6 nitrogen and oxygen atoms in total. The first-order valence-electron chi connectivity index (χ1n) is 8.10. The standard InChI is InChI=1S/C16H25N3O3S/c1-4-19(8-15(20)21)12-6-11(7-12)17-16(22)13-9-23-14(18-13)5-10(2)3/h9-12H,4-8H2,1-3H3,(H,17,22)(H,20,21). The van der Waals surface area contributed by atoms with Crippen LogP contribution in [0.5, 0.6) is 0 Å². The van der Waals surface area contributed by atoms with E-state index in [9.17, 15) is 9.59 Å². The second-order valence-corrected chi connectivity index (χ2v) is 7.42. The molecule has 1 aliphatic rings. The lowest BCUT2D eigenvalue weighted by Gasteiger charge is -2.42. The van der Waals surface area contributed by atoms with E-state index < -0.39 is 5.97 Å². The number of nitrogens with zero attached hydrogens (tertiary/aromatic N) is 2. The van der Waals surface area contributed by atoms with E-state index in [1.165, 1.54) is 11.3 Å². The summed E-state index contributed by atoms with van der Waals surface area (Å²) in [4.78, 5) is 29.3. The van der Waals surface area contributed by atoms with Gasteiger partial charge in [0.2, 0.25) is 0 Å². The molecule has 0 radical (unpaired) electrons. The van der Waals surface area contributed by atoms with Gasteiger partial charge in [-0.2, -0.15) is 0 Å². The smallest absolute Gasteiger partial charge is 0.317 e. The minimum absolute atomic E-state index is 0.0620. The summed E-state index contributed by atoms with van der Waals surface area (Å²) in [5, 5.41) is 14.7. The van der Waals surface area contributed by atoms with E-state index >= 15 is 0 Å². The molecule has 0 aliphatic heterocycles. The van der Waals surface area contributed by atoms with Gasteiger partial charge in [0.05, 0.1) is 11.6 Å². The Bertz CT molecular complexity index is 553. The highest BCUT2D eigenvalue weighted by molar-refractivity contribution is 7.09. The first-order chi connectivity index (χ1) is 10.9. The lowest BCUT2D eigenvalue weighted by Crippen LogP contribution is -2.54. The molecule has 2 N–H and O–H groups in total. The fraction of sp³-hybridized carbons (Fsp3) is 0.688. The Hall–Kier alpha value is -1.47. The highest BCUT2D eigenvalue weighted by Gasteiger charge is 2.35. The molecule has 0 unspecified atom stereocenters. The third kappa shape index (κ3) is 5.00. The van der Waals surface area contributed by atoms with E-state index in [1.54, 1.807) is 0 Å². The first kappa shape index (κ1) is 17.9. The largest absolute Gasteiger partial charge is 0.480 e. The number of thiazole rings is 1. The maximum atomic E-state index is 12.2. The fourth-order valence-corrected chi connectivity index (χ4v) is 3.78. The number of aliphatic carboxylic acids is 1. The minimum Gasteiger partial charge on any atom is -0.480 e. The Labute approximate surface area is 140 Å². The molecule has 0 aromatic carbocycles. The van der Waals surface area contributed by atoms with Crippen molar-refractivity contribution in [3.8, 4) is 0 Å². The summed E-state index contributed by atoms with van der Waals surface area (Å²) in [7, 11) is 0. The van der Waals surface area contributed by atoms with E-state index in [4.69, 9.17) is 5.11 Å². The van der Waals surface area contributed by atoms with Crippen molar-refractivity contribution in [1.29, 1.82) is 0 Å². The van der Waals surface area contributed by atoms with Gasteiger partial charge in [-0.3, -0.25) is 14.5 Å². The maximum absolute atomic E-state index is 12.2. The van der Waals surface area contributed by atoms with Crippen LogP contribution in [0.4, 0.5) is 0 Å². The van der Waals surface area contributed by atoms with Crippen LogP contribution in [0, 0.1) is 5.92 Å². The molecule has 1 fully saturated rings. The second-order valence-electron chi connectivity index (χ2n) is 6.48. The molecule has 128 valence electrons. The molecule has 1 aromatic heterocycles. The Balaban J connectivity index is 1.79. The first-order valence-corrected chi connectivity index (χ1v) is 8.98. The van der Waals surface area contributed by atoms with Gasteiger partial charge in [0.1, 0.15) is 5.69 Å². The second kappa shape index (κ2) is 7.88. The molecule has 1 saturated carbocycles. The number of carboxylic acids is 1. The molecule has 0 spiro atoms. The summed E-state index contributed by atoms with van der Waals surface area (Å²) in [5.41, 5.74) is 0.493. The van der Waals surface area contributed by atoms with Crippen molar-refractivity contribution in [3.05, 3.63) is 16.1 Å². The van der Waals surface area contributed by atoms with Crippen molar-refractivity contribution in [2.75, 3.05) is 13.1 Å². The maximum Gasteiger partial charge on any atom is 0.317 e. The molecule has 0 saturated heterocycles. The zero-order chi connectivity index (χ0) is 17.0. The average molecular weight is 339 g/mol. The predicted octanol–water partition coefficient (Wildman–Crippen LogP) is 2.01. The number of hydrogen-bond donors (Lipinski definition) is 2. The number of hydrogen-bond acceptors (Lipinski definition) is 5. The van der Waals surface area contributed by atoms with Crippen molar-refractivity contribution >= 4 is 23.2 Å². The van der Waals surface area contributed by atoms with Gasteiger partial charge in [0.15, 0.2) is 0 Å². The SMILES string of the molecule is CCN(CC(=O)O)C1CC(NC(=O)c2csc(CC(C)C)n2)C1. The highest BCUT2D eigenvalue weighted by atomic mass is 32.1. The summed E-state index contributed by atoms with van der Waals surface area (Å²) in [5.74, 6) is -0.404. The lowest BCUT2D eigenvalue weighted by molar-refractivity contribution is -0.139. The average Bonchev–Trinajstić information content (AvgIpc) is 2.87. The zero-order valence-electron chi connectivity index (χ0n) is 13.9. The van der Waals surface area contributed by atoms with E-state index in [-0.39, 0.29) is 24.5 Å².